The van der Waals surface area contributed by atoms with Gasteiger partial charge in [0.15, 0.2) is 0 Å². The molecule has 0 saturated heterocycles. The lowest BCUT2D eigenvalue weighted by Crippen LogP contribution is -2.11. The van der Waals surface area contributed by atoms with Gasteiger partial charge in [-0.3, -0.25) is 0 Å². The molecule has 190 valence electrons. The Bertz CT molecular complexity index is 1050. The molecule has 35 heavy (non-hydrogen) atoms. The summed E-state index contributed by atoms with van der Waals surface area (Å²) in [6.45, 7) is 6.07. The maximum Gasteiger partial charge on any atom is 0.412 e. The van der Waals surface area contributed by atoms with Crippen LogP contribution < -0.4 is 0 Å². The molecule has 0 radical (unpaired) electrons. The van der Waals surface area contributed by atoms with Gasteiger partial charge < -0.3 is 4.57 Å². The maximum atomic E-state index is 14.0. The number of halogens is 4. The lowest BCUT2D eigenvalue weighted by atomic mass is 10.00. The van der Waals surface area contributed by atoms with Crippen LogP contribution in [0.4, 0.5) is 17.6 Å². The van der Waals surface area contributed by atoms with Gasteiger partial charge in [-0.2, -0.15) is 25.8 Å². The average Bonchev–Trinajstić information content (AvgIpc) is 3.26. The van der Waals surface area contributed by atoms with Crippen LogP contribution in [0.1, 0.15) is 49.6 Å². The minimum atomic E-state index is -4.73. The van der Waals surface area contributed by atoms with Gasteiger partial charge in [-0.25, -0.2) is 9.37 Å². The molecule has 1 heterocycles. The van der Waals surface area contributed by atoms with Crippen LogP contribution in [0.2, 0.25) is 0 Å². The number of aromatic nitrogens is 2. The monoisotopic (exact) mass is 524 g/mol. The Kier molecular flexibility index (Phi) is 11.4. The molecule has 0 aliphatic rings. The lowest BCUT2D eigenvalue weighted by molar-refractivity contribution is -0.0811. The second kappa shape index (κ2) is 13.8. The van der Waals surface area contributed by atoms with Crippen LogP contribution in [0, 0.1) is 0 Å². The number of alkyl halides is 3. The van der Waals surface area contributed by atoms with E-state index in [9.17, 15) is 17.6 Å². The highest BCUT2D eigenvalue weighted by molar-refractivity contribution is 8.11. The predicted molar refractivity (Wildman–Crippen MR) is 143 cm³/mol. The third-order valence-corrected chi connectivity index (χ3v) is 7.56. The molecule has 1 atom stereocenters. The molecule has 1 unspecified atom stereocenters. The minimum absolute atomic E-state index is 0.192. The van der Waals surface area contributed by atoms with Gasteiger partial charge in [0.2, 0.25) is 0 Å². The maximum absolute atomic E-state index is 14.0. The lowest BCUT2D eigenvalue weighted by Gasteiger charge is -2.21. The highest BCUT2D eigenvalue weighted by atomic mass is 32.2. The number of nitrogens with zero attached hydrogens (tertiary/aromatic N) is 2. The predicted octanol–water partition coefficient (Wildman–Crippen LogP) is 8.58. The Morgan fingerprint density at radius 3 is 2.51 bits per heavy atom. The fraction of sp³-hybridized carbons (Fsp3) is 0.370. The third-order valence-electron chi connectivity index (χ3n) is 5.53. The van der Waals surface area contributed by atoms with E-state index in [-0.39, 0.29) is 15.7 Å². The smallest absolute Gasteiger partial charge is 0.327 e. The van der Waals surface area contributed by atoms with Crippen LogP contribution in [0.5, 0.6) is 0 Å². The van der Waals surface area contributed by atoms with Gasteiger partial charge in [-0.15, -0.1) is 18.3 Å². The van der Waals surface area contributed by atoms with E-state index in [1.54, 1.807) is 43.2 Å². The van der Waals surface area contributed by atoms with E-state index in [1.807, 2.05) is 35.1 Å². The number of thioether (sulfide) groups is 1. The van der Waals surface area contributed by atoms with Crippen molar-refractivity contribution in [2.45, 2.75) is 55.8 Å². The zero-order chi connectivity index (χ0) is 25.9. The van der Waals surface area contributed by atoms with Crippen LogP contribution in [-0.2, 0) is 13.0 Å². The molecule has 2 rings (SSSR count). The molecule has 1 aromatic heterocycles. The summed E-state index contributed by atoms with van der Waals surface area (Å²) in [6.07, 6.45) is 11.2. The van der Waals surface area contributed by atoms with Crippen molar-refractivity contribution in [3.63, 3.8) is 0 Å². The summed E-state index contributed by atoms with van der Waals surface area (Å²) in [4.78, 5) is 4.29. The first-order chi connectivity index (χ1) is 16.6. The molecule has 0 bridgehead atoms. The first-order valence-electron chi connectivity index (χ1n) is 11.4. The highest BCUT2D eigenvalue weighted by Crippen LogP contribution is 2.34. The summed E-state index contributed by atoms with van der Waals surface area (Å²) < 4.78 is 53.3. The summed E-state index contributed by atoms with van der Waals surface area (Å²) in [5.74, 6) is -0.973. The highest BCUT2D eigenvalue weighted by Gasteiger charge is 2.24. The van der Waals surface area contributed by atoms with Crippen molar-refractivity contribution in [2.24, 2.45) is 0 Å². The first kappa shape index (κ1) is 29.0. The molecule has 0 spiro atoms. The fourth-order valence-corrected chi connectivity index (χ4v) is 4.38. The van der Waals surface area contributed by atoms with Crippen molar-refractivity contribution >= 4 is 30.0 Å². The standard InChI is InChI=1S/C27H32F4N2S2/c1-4-11-22(18-24(28)19-27(29,30)31)25-32-16-17-33(25)20-23-14-9-8-13-21(23)12-7-6-10-15-26(34,5-2)35-3/h4-5,8-9,11,13-14,16-19,34H,2,6-7,10,12,15,20H2,1,3H3/b11-4-,22-18+,24-19+. The van der Waals surface area contributed by atoms with Crippen molar-refractivity contribution in [3.8, 4) is 0 Å². The van der Waals surface area contributed by atoms with Gasteiger partial charge in [0.25, 0.3) is 0 Å². The van der Waals surface area contributed by atoms with Crippen LogP contribution in [0.25, 0.3) is 5.57 Å². The summed E-state index contributed by atoms with van der Waals surface area (Å²) >= 11 is 6.37. The number of aryl methyl sites for hydroxylation is 1. The SMILES string of the molecule is C=CC(S)(CCCCCc1ccccc1Cn1ccnc1C(/C=C\C)=C/C(F)=C\C(F)(F)F)SC. The van der Waals surface area contributed by atoms with E-state index in [4.69, 9.17) is 0 Å². The van der Waals surface area contributed by atoms with Crippen LogP contribution in [0.3, 0.4) is 0 Å². The second-order valence-corrected chi connectivity index (χ2v) is 10.4. The van der Waals surface area contributed by atoms with Crippen molar-refractivity contribution in [1.29, 1.82) is 0 Å². The van der Waals surface area contributed by atoms with Gasteiger partial charge in [0, 0.05) is 24.5 Å². The molecule has 0 fully saturated rings. The number of imidazole rings is 1. The molecular weight excluding hydrogens is 492 g/mol. The van der Waals surface area contributed by atoms with E-state index in [0.717, 1.165) is 43.7 Å². The normalized spacial score (nSPS) is 14.9. The molecule has 1 aromatic carbocycles. The number of hydrogen-bond acceptors (Lipinski definition) is 3. The largest absolute Gasteiger partial charge is 0.412 e. The molecular formula is C27H32F4N2S2. The van der Waals surface area contributed by atoms with Crippen LogP contribution in [0.15, 0.2) is 79.4 Å². The third kappa shape index (κ3) is 9.76. The van der Waals surface area contributed by atoms with E-state index in [1.165, 1.54) is 5.56 Å². The van der Waals surface area contributed by atoms with Gasteiger partial charge in [-0.1, -0.05) is 55.3 Å². The average molecular weight is 525 g/mol. The number of benzene rings is 1. The van der Waals surface area contributed by atoms with Gasteiger partial charge in [0.1, 0.15) is 11.7 Å². The van der Waals surface area contributed by atoms with Crippen molar-refractivity contribution in [1.82, 2.24) is 9.55 Å². The molecule has 2 nitrogen and oxygen atoms in total. The van der Waals surface area contributed by atoms with Crippen LogP contribution in [-0.4, -0.2) is 26.1 Å². The topological polar surface area (TPSA) is 17.8 Å². The van der Waals surface area contributed by atoms with Crippen molar-refractivity contribution in [2.75, 3.05) is 6.26 Å². The van der Waals surface area contributed by atoms with Crippen molar-refractivity contribution < 1.29 is 17.6 Å². The number of rotatable bonds is 13. The zero-order valence-electron chi connectivity index (χ0n) is 20.1. The van der Waals surface area contributed by atoms with Gasteiger partial charge >= 0.3 is 6.18 Å². The van der Waals surface area contributed by atoms with E-state index < -0.39 is 12.0 Å². The van der Waals surface area contributed by atoms with E-state index >= 15 is 0 Å². The molecule has 0 aliphatic carbocycles. The Morgan fingerprint density at radius 2 is 1.89 bits per heavy atom. The Labute approximate surface area is 215 Å². The summed E-state index contributed by atoms with van der Waals surface area (Å²) in [5.41, 5.74) is 2.56. The van der Waals surface area contributed by atoms with Gasteiger partial charge in [0.05, 0.1) is 10.2 Å². The molecule has 0 amide bonds. The van der Waals surface area contributed by atoms with Gasteiger partial charge in [-0.05, 0) is 49.6 Å². The van der Waals surface area contributed by atoms with E-state index in [0.29, 0.717) is 12.4 Å². The summed E-state index contributed by atoms with van der Waals surface area (Å²) in [5, 5.41) is 0. The summed E-state index contributed by atoms with van der Waals surface area (Å²) in [7, 11) is 0. The molecule has 8 heteroatoms. The number of thiol groups is 1. The number of unbranched alkanes of at least 4 members (excludes halogenated alkanes) is 2. The molecule has 0 saturated carbocycles. The summed E-state index contributed by atoms with van der Waals surface area (Å²) in [6, 6.07) is 8.09. The second-order valence-electron chi connectivity index (χ2n) is 8.13. The Morgan fingerprint density at radius 1 is 1.17 bits per heavy atom. The zero-order valence-corrected chi connectivity index (χ0v) is 21.8. The Hall–Kier alpha value is -2.19. The first-order valence-corrected chi connectivity index (χ1v) is 13.1. The van der Waals surface area contributed by atoms with Crippen molar-refractivity contribution in [3.05, 3.63) is 96.4 Å². The van der Waals surface area contributed by atoms with E-state index in [2.05, 4.69) is 30.3 Å². The quantitative estimate of drug-likeness (QED) is 0.0706. The van der Waals surface area contributed by atoms with Crippen LogP contribution >= 0.6 is 24.4 Å². The molecule has 0 aliphatic heterocycles. The fourth-order valence-electron chi connectivity index (χ4n) is 3.71. The number of allylic oxidation sites excluding steroid dienone is 6. The molecule has 0 N–H and O–H groups in total. The molecule has 2 aromatic rings. The number of hydrogen-bond donors (Lipinski definition) is 1. The Balaban J connectivity index is 2.15. The minimum Gasteiger partial charge on any atom is -0.327 e.